The number of nitrogens with zero attached hydrogens (tertiary/aromatic N) is 7. The van der Waals surface area contributed by atoms with Gasteiger partial charge in [-0.1, -0.05) is 0 Å². The number of amides is 1. The summed E-state index contributed by atoms with van der Waals surface area (Å²) in [6.07, 6.45) is 6.58. The van der Waals surface area contributed by atoms with Gasteiger partial charge in [0.25, 0.3) is 0 Å². The van der Waals surface area contributed by atoms with Crippen molar-refractivity contribution in [1.29, 1.82) is 0 Å². The maximum absolute atomic E-state index is 12.8. The van der Waals surface area contributed by atoms with Crippen LogP contribution in [-0.4, -0.2) is 56.1 Å². The van der Waals surface area contributed by atoms with Gasteiger partial charge >= 0.3 is 0 Å². The molecule has 1 fully saturated rings. The fourth-order valence-corrected chi connectivity index (χ4v) is 4.12. The average Bonchev–Trinajstić information content (AvgIpc) is 3.47. The molecule has 0 saturated carbocycles. The molecule has 4 aromatic rings. The highest BCUT2D eigenvalue weighted by atomic mass is 16.5. The smallest absolute Gasteiger partial charge is 0.223 e. The summed E-state index contributed by atoms with van der Waals surface area (Å²) < 4.78 is 6.88. The molecule has 1 aromatic carbocycles. The van der Waals surface area contributed by atoms with Crippen LogP contribution in [0.25, 0.3) is 17.1 Å². The molecule has 1 aliphatic rings. The number of hydrogen-bond acceptors (Lipinski definition) is 8. The molecule has 1 aliphatic heterocycles. The second kappa shape index (κ2) is 10.3. The maximum Gasteiger partial charge on any atom is 0.223 e. The third-order valence-corrected chi connectivity index (χ3v) is 6.12. The minimum atomic E-state index is -0.0366. The van der Waals surface area contributed by atoms with Crippen LogP contribution in [0.2, 0.25) is 0 Å². The van der Waals surface area contributed by atoms with Crippen molar-refractivity contribution in [2.24, 2.45) is 5.92 Å². The minimum Gasteiger partial charge on any atom is -0.497 e. The normalized spacial score (nSPS) is 14.0. The van der Waals surface area contributed by atoms with E-state index in [9.17, 15) is 4.79 Å². The van der Waals surface area contributed by atoms with E-state index in [4.69, 9.17) is 4.74 Å². The second-order valence-corrected chi connectivity index (χ2v) is 8.30. The number of anilines is 1. The fraction of sp³-hybridized carbons (Fsp3) is 0.280. The Morgan fingerprint density at radius 2 is 1.83 bits per heavy atom. The van der Waals surface area contributed by atoms with E-state index in [1.165, 1.54) is 6.33 Å². The van der Waals surface area contributed by atoms with Crippen LogP contribution in [0.1, 0.15) is 18.5 Å². The first kappa shape index (κ1) is 22.5. The number of ether oxygens (including phenoxy) is 1. The molecule has 0 atom stereocenters. The molecule has 178 valence electrons. The quantitative estimate of drug-likeness (QED) is 0.439. The van der Waals surface area contributed by atoms with Crippen molar-refractivity contribution in [3.63, 3.8) is 0 Å². The SMILES string of the molecule is COc1ccc(-c2cc(CNC(=O)C3CCN(c4ccc(-n5cccn5)nn4)CC3)ncn2)cc1. The number of rotatable bonds is 7. The summed E-state index contributed by atoms with van der Waals surface area (Å²) in [5, 5.41) is 15.8. The Kier molecular flexibility index (Phi) is 6.60. The third kappa shape index (κ3) is 5.26. The molecular weight excluding hydrogens is 444 g/mol. The Morgan fingerprint density at radius 3 is 2.51 bits per heavy atom. The number of carbonyl (C=O) groups excluding carboxylic acids is 1. The molecule has 0 bridgehead atoms. The van der Waals surface area contributed by atoms with Crippen LogP contribution >= 0.6 is 0 Å². The monoisotopic (exact) mass is 470 g/mol. The summed E-state index contributed by atoms with van der Waals surface area (Å²) in [6.45, 7) is 1.87. The largest absolute Gasteiger partial charge is 0.497 e. The van der Waals surface area contributed by atoms with E-state index in [1.807, 2.05) is 54.7 Å². The van der Waals surface area contributed by atoms with Gasteiger partial charge in [0.15, 0.2) is 11.6 Å². The first-order valence-electron chi connectivity index (χ1n) is 11.5. The molecule has 1 N–H and O–H groups in total. The average molecular weight is 471 g/mol. The van der Waals surface area contributed by atoms with Gasteiger partial charge in [-0.2, -0.15) is 5.10 Å². The van der Waals surface area contributed by atoms with Crippen molar-refractivity contribution in [3.8, 4) is 22.8 Å². The van der Waals surface area contributed by atoms with E-state index in [0.29, 0.717) is 12.4 Å². The van der Waals surface area contributed by atoms with Gasteiger partial charge in [0.05, 0.1) is 25.0 Å². The van der Waals surface area contributed by atoms with Gasteiger partial charge < -0.3 is 15.0 Å². The maximum atomic E-state index is 12.8. The molecule has 5 rings (SSSR count). The van der Waals surface area contributed by atoms with E-state index in [-0.39, 0.29) is 11.8 Å². The topological polar surface area (TPSA) is 111 Å². The molecule has 0 radical (unpaired) electrons. The Balaban J connectivity index is 1.13. The summed E-state index contributed by atoms with van der Waals surface area (Å²) >= 11 is 0. The number of carbonyl (C=O) groups is 1. The second-order valence-electron chi connectivity index (χ2n) is 8.30. The summed E-state index contributed by atoms with van der Waals surface area (Å²) in [5.41, 5.74) is 2.54. The highest BCUT2D eigenvalue weighted by Gasteiger charge is 2.25. The van der Waals surface area contributed by atoms with Gasteiger partial charge in [-0.25, -0.2) is 14.6 Å². The summed E-state index contributed by atoms with van der Waals surface area (Å²) in [5.74, 6) is 2.29. The van der Waals surface area contributed by atoms with Crippen molar-refractivity contribution >= 4 is 11.7 Å². The van der Waals surface area contributed by atoms with Gasteiger partial charge in [0.2, 0.25) is 5.91 Å². The van der Waals surface area contributed by atoms with Crippen LogP contribution in [-0.2, 0) is 11.3 Å². The first-order valence-corrected chi connectivity index (χ1v) is 11.5. The van der Waals surface area contributed by atoms with Crippen molar-refractivity contribution < 1.29 is 9.53 Å². The van der Waals surface area contributed by atoms with E-state index in [2.05, 4.69) is 35.5 Å². The first-order chi connectivity index (χ1) is 17.2. The predicted molar refractivity (Wildman–Crippen MR) is 130 cm³/mol. The molecular formula is C25H26N8O2. The summed E-state index contributed by atoms with van der Waals surface area (Å²) in [7, 11) is 1.64. The Morgan fingerprint density at radius 1 is 1.06 bits per heavy atom. The standard InChI is InChI=1S/C25H26N8O2/c1-35-21-5-3-18(4-6-21)22-15-20(27-17-28-22)16-26-25(34)19-9-13-32(14-10-19)23-7-8-24(31-30-23)33-12-2-11-29-33/h2-8,11-12,15,17,19H,9-10,13-14,16H2,1H3,(H,26,34). The van der Waals surface area contributed by atoms with Crippen molar-refractivity contribution in [2.75, 3.05) is 25.1 Å². The minimum absolute atomic E-state index is 0.0366. The lowest BCUT2D eigenvalue weighted by atomic mass is 9.96. The number of benzene rings is 1. The van der Waals surface area contributed by atoms with Crippen LogP contribution in [0.5, 0.6) is 5.75 Å². The summed E-state index contributed by atoms with van der Waals surface area (Å²) in [4.78, 5) is 23.6. The molecule has 3 aromatic heterocycles. The van der Waals surface area contributed by atoms with Crippen molar-refractivity contribution in [1.82, 2.24) is 35.3 Å². The van der Waals surface area contributed by atoms with Crippen molar-refractivity contribution in [3.05, 3.63) is 72.9 Å². The van der Waals surface area contributed by atoms with Crippen LogP contribution in [0, 0.1) is 5.92 Å². The number of piperidine rings is 1. The van der Waals surface area contributed by atoms with E-state index < -0.39 is 0 Å². The van der Waals surface area contributed by atoms with Gasteiger partial charge in [0.1, 0.15) is 12.1 Å². The zero-order valence-corrected chi connectivity index (χ0v) is 19.4. The number of nitrogens with one attached hydrogen (secondary N) is 1. The lowest BCUT2D eigenvalue weighted by molar-refractivity contribution is -0.125. The lowest BCUT2D eigenvalue weighted by Crippen LogP contribution is -2.40. The van der Waals surface area contributed by atoms with Crippen LogP contribution in [0.3, 0.4) is 0 Å². The number of hydrogen-bond donors (Lipinski definition) is 1. The van der Waals surface area contributed by atoms with E-state index >= 15 is 0 Å². The van der Waals surface area contributed by atoms with Crippen LogP contribution < -0.4 is 15.0 Å². The van der Waals surface area contributed by atoms with Crippen LogP contribution in [0.4, 0.5) is 5.82 Å². The molecule has 35 heavy (non-hydrogen) atoms. The lowest BCUT2D eigenvalue weighted by Gasteiger charge is -2.31. The number of methoxy groups -OCH3 is 1. The Labute approximate surface area is 203 Å². The molecule has 1 saturated heterocycles. The Bertz CT molecular complexity index is 1250. The molecule has 0 aliphatic carbocycles. The van der Waals surface area contributed by atoms with Gasteiger partial charge in [-0.3, -0.25) is 4.79 Å². The van der Waals surface area contributed by atoms with Crippen molar-refractivity contribution in [2.45, 2.75) is 19.4 Å². The highest BCUT2D eigenvalue weighted by molar-refractivity contribution is 5.79. The van der Waals surface area contributed by atoms with E-state index in [0.717, 1.165) is 54.4 Å². The molecule has 10 nitrogen and oxygen atoms in total. The zero-order valence-electron chi connectivity index (χ0n) is 19.4. The zero-order chi connectivity index (χ0) is 24.0. The third-order valence-electron chi connectivity index (χ3n) is 6.12. The molecule has 4 heterocycles. The highest BCUT2D eigenvalue weighted by Crippen LogP contribution is 2.23. The van der Waals surface area contributed by atoms with E-state index in [1.54, 1.807) is 18.0 Å². The molecule has 0 unspecified atom stereocenters. The Hall–Kier alpha value is -4.34. The molecule has 0 spiro atoms. The summed E-state index contributed by atoms with van der Waals surface area (Å²) in [6, 6.07) is 15.3. The van der Waals surface area contributed by atoms with Crippen LogP contribution in [0.15, 0.2) is 67.3 Å². The molecule has 1 amide bonds. The van der Waals surface area contributed by atoms with Gasteiger partial charge in [-0.05, 0) is 61.4 Å². The molecule has 10 heteroatoms. The van der Waals surface area contributed by atoms with Gasteiger partial charge in [0, 0.05) is 37.0 Å². The predicted octanol–water partition coefficient (Wildman–Crippen LogP) is 2.66. The number of aromatic nitrogens is 6. The fourth-order valence-electron chi connectivity index (χ4n) is 4.12. The van der Waals surface area contributed by atoms with Gasteiger partial charge in [-0.15, -0.1) is 10.2 Å².